The van der Waals surface area contributed by atoms with E-state index in [0.29, 0.717) is 13.2 Å². The van der Waals surface area contributed by atoms with E-state index in [4.69, 9.17) is 4.74 Å². The van der Waals surface area contributed by atoms with Gasteiger partial charge in [-0.15, -0.1) is 0 Å². The lowest BCUT2D eigenvalue weighted by Gasteiger charge is -2.43. The molecule has 0 aliphatic carbocycles. The minimum Gasteiger partial charge on any atom is -0.449 e. The third kappa shape index (κ3) is 1.97. The van der Waals surface area contributed by atoms with Gasteiger partial charge >= 0.3 is 6.09 Å². The molecule has 1 atom stereocenters. The SMILES string of the molecule is O=C1OCC[C@@]2(CCNC2)N1Cc1ccccc1. The van der Waals surface area contributed by atoms with Crippen LogP contribution in [-0.4, -0.2) is 36.2 Å². The minimum atomic E-state index is -0.172. The molecule has 3 rings (SSSR count). The molecule has 4 nitrogen and oxygen atoms in total. The molecule has 0 bridgehead atoms. The Bertz CT molecular complexity index is 427. The Morgan fingerprint density at radius 1 is 1.28 bits per heavy atom. The van der Waals surface area contributed by atoms with Crippen molar-refractivity contribution in [2.45, 2.75) is 24.9 Å². The summed E-state index contributed by atoms with van der Waals surface area (Å²) in [5.74, 6) is 0. The molecule has 2 heterocycles. The maximum atomic E-state index is 12.0. The van der Waals surface area contributed by atoms with Crippen LogP contribution in [0.1, 0.15) is 18.4 Å². The fourth-order valence-electron chi connectivity index (χ4n) is 2.91. The van der Waals surface area contributed by atoms with E-state index in [1.165, 1.54) is 0 Å². The highest BCUT2D eigenvalue weighted by atomic mass is 16.6. The number of nitrogens with one attached hydrogen (secondary N) is 1. The summed E-state index contributed by atoms with van der Waals surface area (Å²) in [4.78, 5) is 13.9. The maximum Gasteiger partial charge on any atom is 0.410 e. The minimum absolute atomic E-state index is 0.0365. The molecule has 1 amide bonds. The number of hydrogen-bond donors (Lipinski definition) is 1. The van der Waals surface area contributed by atoms with E-state index in [9.17, 15) is 4.79 Å². The van der Waals surface area contributed by atoms with Gasteiger partial charge in [0.25, 0.3) is 0 Å². The lowest BCUT2D eigenvalue weighted by Crippen LogP contribution is -2.56. The van der Waals surface area contributed by atoms with Crippen LogP contribution >= 0.6 is 0 Å². The van der Waals surface area contributed by atoms with E-state index >= 15 is 0 Å². The first kappa shape index (κ1) is 11.5. The first-order chi connectivity index (χ1) is 8.80. The van der Waals surface area contributed by atoms with Gasteiger partial charge in [0.1, 0.15) is 0 Å². The predicted molar refractivity (Wildman–Crippen MR) is 68.2 cm³/mol. The Morgan fingerprint density at radius 3 is 2.83 bits per heavy atom. The van der Waals surface area contributed by atoms with Gasteiger partial charge in [-0.1, -0.05) is 30.3 Å². The molecule has 2 fully saturated rings. The number of carbonyl (C=O) groups excluding carboxylic acids is 1. The van der Waals surface area contributed by atoms with Gasteiger partial charge in [0.15, 0.2) is 0 Å². The summed E-state index contributed by atoms with van der Waals surface area (Å²) >= 11 is 0. The lowest BCUT2D eigenvalue weighted by atomic mass is 9.91. The topological polar surface area (TPSA) is 41.6 Å². The zero-order chi connectivity index (χ0) is 12.4. The number of amides is 1. The molecule has 2 saturated heterocycles. The van der Waals surface area contributed by atoms with E-state index < -0.39 is 0 Å². The van der Waals surface area contributed by atoms with Crippen LogP contribution in [0.25, 0.3) is 0 Å². The molecule has 4 heteroatoms. The van der Waals surface area contributed by atoms with Crippen LogP contribution < -0.4 is 5.32 Å². The second-order valence-corrected chi connectivity index (χ2v) is 5.09. The Kier molecular flexibility index (Phi) is 2.96. The Hall–Kier alpha value is -1.55. The van der Waals surface area contributed by atoms with Gasteiger partial charge in [0.05, 0.1) is 12.1 Å². The fourth-order valence-corrected chi connectivity index (χ4v) is 2.91. The summed E-state index contributed by atoms with van der Waals surface area (Å²) in [6.07, 6.45) is 1.78. The van der Waals surface area contributed by atoms with Crippen LogP contribution in [0.2, 0.25) is 0 Å². The zero-order valence-corrected chi connectivity index (χ0v) is 10.4. The molecule has 96 valence electrons. The van der Waals surface area contributed by atoms with Crippen molar-refractivity contribution in [2.24, 2.45) is 0 Å². The molecule has 2 aliphatic rings. The van der Waals surface area contributed by atoms with Crippen molar-refractivity contribution in [3.63, 3.8) is 0 Å². The van der Waals surface area contributed by atoms with Gasteiger partial charge in [-0.25, -0.2) is 4.79 Å². The monoisotopic (exact) mass is 246 g/mol. The highest BCUT2D eigenvalue weighted by Crippen LogP contribution is 2.32. The standard InChI is InChI=1S/C14H18N2O2/c17-13-16(10-12-4-2-1-3-5-12)14(7-9-18-13)6-8-15-11-14/h1-5,15H,6-11H2/t14-/m1/s1. The molecule has 1 N–H and O–H groups in total. The van der Waals surface area contributed by atoms with Gasteiger partial charge in [-0.2, -0.15) is 0 Å². The van der Waals surface area contributed by atoms with Crippen molar-refractivity contribution in [1.82, 2.24) is 10.2 Å². The van der Waals surface area contributed by atoms with Crippen molar-refractivity contribution in [2.75, 3.05) is 19.7 Å². The Morgan fingerprint density at radius 2 is 2.11 bits per heavy atom. The number of carbonyl (C=O) groups is 1. The number of ether oxygens (including phenoxy) is 1. The summed E-state index contributed by atoms with van der Waals surface area (Å²) in [6, 6.07) is 10.1. The van der Waals surface area contributed by atoms with Crippen LogP contribution in [0.4, 0.5) is 4.79 Å². The van der Waals surface area contributed by atoms with Gasteiger partial charge in [0, 0.05) is 19.5 Å². The molecule has 1 aromatic rings. The highest BCUT2D eigenvalue weighted by Gasteiger charge is 2.45. The van der Waals surface area contributed by atoms with Gasteiger partial charge < -0.3 is 10.1 Å². The van der Waals surface area contributed by atoms with Gasteiger partial charge in [-0.3, -0.25) is 4.90 Å². The predicted octanol–water partition coefficient (Wildman–Crippen LogP) is 1.76. The molecule has 0 saturated carbocycles. The number of cyclic esters (lactones) is 1. The van der Waals surface area contributed by atoms with Crippen molar-refractivity contribution in [1.29, 1.82) is 0 Å². The van der Waals surface area contributed by atoms with Gasteiger partial charge in [0.2, 0.25) is 0 Å². The number of nitrogens with zero attached hydrogens (tertiary/aromatic N) is 1. The first-order valence-corrected chi connectivity index (χ1v) is 6.49. The second kappa shape index (κ2) is 4.61. The van der Waals surface area contributed by atoms with Crippen LogP contribution in [0.3, 0.4) is 0 Å². The molecule has 1 aromatic carbocycles. The van der Waals surface area contributed by atoms with Gasteiger partial charge in [-0.05, 0) is 18.5 Å². The van der Waals surface area contributed by atoms with Crippen molar-refractivity contribution >= 4 is 6.09 Å². The third-order valence-electron chi connectivity index (χ3n) is 3.99. The fraction of sp³-hybridized carbons (Fsp3) is 0.500. The van der Waals surface area contributed by atoms with Crippen molar-refractivity contribution < 1.29 is 9.53 Å². The summed E-state index contributed by atoms with van der Waals surface area (Å²) in [7, 11) is 0. The summed E-state index contributed by atoms with van der Waals surface area (Å²) in [6.45, 7) is 3.06. The number of hydrogen-bond acceptors (Lipinski definition) is 3. The van der Waals surface area contributed by atoms with Crippen molar-refractivity contribution in [3.8, 4) is 0 Å². The molecular formula is C14H18N2O2. The molecule has 1 spiro atoms. The van der Waals surface area contributed by atoms with E-state index in [2.05, 4.69) is 17.4 Å². The normalized spacial score (nSPS) is 27.6. The zero-order valence-electron chi connectivity index (χ0n) is 10.4. The Balaban J connectivity index is 1.84. The molecule has 2 aliphatic heterocycles. The average Bonchev–Trinajstić information content (AvgIpc) is 2.85. The lowest BCUT2D eigenvalue weighted by molar-refractivity contribution is -0.000739. The summed E-state index contributed by atoms with van der Waals surface area (Å²) in [5.41, 5.74) is 1.12. The second-order valence-electron chi connectivity index (χ2n) is 5.09. The summed E-state index contributed by atoms with van der Waals surface area (Å²) in [5, 5.41) is 3.37. The molecular weight excluding hydrogens is 228 g/mol. The molecule has 0 aromatic heterocycles. The van der Waals surface area contributed by atoms with Crippen LogP contribution in [0.5, 0.6) is 0 Å². The maximum absolute atomic E-state index is 12.0. The quantitative estimate of drug-likeness (QED) is 0.864. The van der Waals surface area contributed by atoms with E-state index in [0.717, 1.165) is 31.5 Å². The molecule has 0 radical (unpaired) electrons. The Labute approximate surface area is 107 Å². The van der Waals surface area contributed by atoms with E-state index in [1.807, 2.05) is 23.1 Å². The molecule has 0 unspecified atom stereocenters. The van der Waals surface area contributed by atoms with E-state index in [1.54, 1.807) is 0 Å². The van der Waals surface area contributed by atoms with Crippen LogP contribution in [-0.2, 0) is 11.3 Å². The van der Waals surface area contributed by atoms with Crippen molar-refractivity contribution in [3.05, 3.63) is 35.9 Å². The first-order valence-electron chi connectivity index (χ1n) is 6.49. The van der Waals surface area contributed by atoms with Crippen LogP contribution in [0.15, 0.2) is 30.3 Å². The number of rotatable bonds is 2. The summed E-state index contributed by atoms with van der Waals surface area (Å²) < 4.78 is 5.21. The number of benzene rings is 1. The third-order valence-corrected chi connectivity index (χ3v) is 3.99. The smallest absolute Gasteiger partial charge is 0.410 e. The highest BCUT2D eigenvalue weighted by molar-refractivity contribution is 5.70. The van der Waals surface area contributed by atoms with Crippen LogP contribution in [0, 0.1) is 0 Å². The molecule has 18 heavy (non-hydrogen) atoms. The average molecular weight is 246 g/mol. The van der Waals surface area contributed by atoms with E-state index in [-0.39, 0.29) is 11.6 Å². The largest absolute Gasteiger partial charge is 0.449 e.